The number of nitrogens with zero attached hydrogens (tertiary/aromatic N) is 3. The molecule has 0 aliphatic rings. The number of thiazole rings is 1. The van der Waals surface area contributed by atoms with Crippen LogP contribution in [-0.2, 0) is 30.5 Å². The molecular formula is C71H48Cl9N5O15S. The molecule has 0 aliphatic carbocycles. The summed E-state index contributed by atoms with van der Waals surface area (Å²) >= 11 is 54.5. The van der Waals surface area contributed by atoms with Crippen LogP contribution in [0.5, 0.6) is 23.0 Å². The van der Waals surface area contributed by atoms with Gasteiger partial charge in [0, 0.05) is 30.1 Å². The lowest BCUT2D eigenvalue weighted by Gasteiger charge is -2.11. The number of nitrogens with one attached hydrogen (secondary N) is 2. The number of aromatic hydroxyl groups is 4. The third-order valence-corrected chi connectivity index (χ3v) is 17.3. The van der Waals surface area contributed by atoms with E-state index in [-0.39, 0.29) is 132 Å². The smallest absolute Gasteiger partial charge is 0.341 e. The number of allylic oxidation sites excluding steroid dienone is 1. The van der Waals surface area contributed by atoms with Crippen LogP contribution in [-0.4, -0.2) is 84.2 Å². The number of ether oxygens (including phenoxy) is 1. The van der Waals surface area contributed by atoms with Crippen LogP contribution in [0, 0.1) is 21.4 Å². The molecule has 2 amide bonds. The van der Waals surface area contributed by atoms with Gasteiger partial charge in [-0.3, -0.25) is 34.1 Å². The number of nitriles is 1. The van der Waals surface area contributed by atoms with Crippen molar-refractivity contribution in [2.45, 2.75) is 20.5 Å². The van der Waals surface area contributed by atoms with Crippen LogP contribution in [0.25, 0.3) is 51.1 Å². The van der Waals surface area contributed by atoms with Crippen LogP contribution in [0.1, 0.15) is 67.6 Å². The molecule has 0 saturated heterocycles. The molecule has 2 aromatic heterocycles. The SMILES string of the molecule is CCOC(=O)/C(=C\c1cc(Cl)c(O)c(Cl)c1)c1nc2ccccc2s1.CNC(=O)/C(=C\c1cc(Cl)c(O)c(Cl)c1)C(C)=O.N#C/C(=C\c1cc(Cl)c(O)c(Cl)c1)C(=O)c1cc2ccccc2o1.O=C(Nc1cc([N+](=O)[O-])ccc1Cl)/C(=C/c1cc(Cl)c(O)c(Cl)c1)C(=O)c1ccc(CO)cc1. The molecule has 10 aromatic rings. The van der Waals surface area contributed by atoms with Crippen molar-refractivity contribution in [3.05, 3.63) is 262 Å². The zero-order valence-corrected chi connectivity index (χ0v) is 59.7. The van der Waals surface area contributed by atoms with Gasteiger partial charge in [-0.1, -0.05) is 159 Å². The standard InChI is InChI=1S/C23H15Cl3N2O6.C18H13Cl2NO3S.C18H9Cl2NO3.C12H11Cl2NO3/c24-17-6-5-15(28(33)34)10-20(17)27-23(32)16(7-13-8-18(25)22(31)19(26)9-13)21(30)14-3-1-12(11-29)2-4-14;1-2-24-18(23)11(7-10-8-12(19)16(22)13(20)9-10)17-21-14-5-3-4-6-15(14)25-17;19-13-6-10(7-14(20)18(13)23)5-12(9-21)17(22)16-8-11-3-1-2-4-15(11)24-16;1-6(16)8(12(18)15-2)3-7-4-9(13)11(17)10(14)5-7/h1-10,29,31H,11H2,(H,27,32);3-9,22H,2H2,1H3;1-8,23H;3-5,17H,1-2H3,(H,15,18)/b16-7+;11-7-;12-5+;8-3-. The number of hydrogen-bond donors (Lipinski definition) is 7. The number of ketones is 3. The number of amides is 2. The highest BCUT2D eigenvalue weighted by atomic mass is 35.5. The molecule has 2 heterocycles. The first-order chi connectivity index (χ1) is 47.9. The fourth-order valence-corrected chi connectivity index (χ4v) is 11.8. The second-order valence-corrected chi connectivity index (χ2v) is 25.3. The number of esters is 1. The average molecular weight is 1560 g/mol. The van der Waals surface area contributed by atoms with Crippen molar-refractivity contribution in [3.8, 4) is 29.1 Å². The van der Waals surface area contributed by atoms with Crippen molar-refractivity contribution in [3.63, 3.8) is 0 Å². The number of rotatable bonds is 17. The van der Waals surface area contributed by atoms with E-state index in [9.17, 15) is 69.7 Å². The molecule has 8 aromatic carbocycles. The molecule has 10 rings (SSSR count). The minimum absolute atomic E-state index is 0.0182. The molecule has 0 fully saturated rings. The number of nitro benzene ring substituents is 1. The number of para-hydroxylation sites is 2. The Kier molecular flexibility index (Phi) is 28.0. The van der Waals surface area contributed by atoms with Gasteiger partial charge in [-0.05, 0) is 145 Å². The first-order valence-corrected chi connectivity index (χ1v) is 33.0. The molecule has 20 nitrogen and oxygen atoms in total. The number of furan rings is 1. The first kappa shape index (κ1) is 78.6. The number of carbonyl (C=O) groups is 6. The molecule has 0 aliphatic heterocycles. The summed E-state index contributed by atoms with van der Waals surface area (Å²) in [5.74, 6) is -4.48. The van der Waals surface area contributed by atoms with Crippen LogP contribution in [0.3, 0.4) is 0 Å². The lowest BCUT2D eigenvalue weighted by Crippen LogP contribution is -2.23. The summed E-state index contributed by atoms with van der Waals surface area (Å²) < 4.78 is 11.6. The van der Waals surface area contributed by atoms with Crippen molar-refractivity contribution >= 4 is 213 Å². The quantitative estimate of drug-likeness (QED) is 0.00651. The van der Waals surface area contributed by atoms with Gasteiger partial charge in [-0.15, -0.1) is 11.3 Å². The largest absolute Gasteiger partial charge is 0.505 e. The summed E-state index contributed by atoms with van der Waals surface area (Å²) in [4.78, 5) is 89.0. The van der Waals surface area contributed by atoms with Crippen LogP contribution in [0.2, 0.25) is 45.2 Å². The van der Waals surface area contributed by atoms with E-state index in [0.717, 1.165) is 21.7 Å². The summed E-state index contributed by atoms with van der Waals surface area (Å²) in [7, 11) is 1.43. The van der Waals surface area contributed by atoms with Crippen LogP contribution in [0.15, 0.2) is 167 Å². The molecule has 101 heavy (non-hydrogen) atoms. The summed E-state index contributed by atoms with van der Waals surface area (Å²) in [6, 6.07) is 38.9. The highest BCUT2D eigenvalue weighted by Crippen LogP contribution is 2.39. The number of benzene rings is 8. The first-order valence-electron chi connectivity index (χ1n) is 28.7. The van der Waals surface area contributed by atoms with E-state index in [4.69, 9.17) is 114 Å². The van der Waals surface area contributed by atoms with E-state index in [2.05, 4.69) is 15.6 Å². The molecule has 0 spiro atoms. The number of aliphatic hydroxyl groups is 1. The number of hydrogen-bond acceptors (Lipinski definition) is 18. The third kappa shape index (κ3) is 20.7. The minimum atomic E-state index is -0.904. The second kappa shape index (κ2) is 36.0. The molecule has 7 N–H and O–H groups in total. The normalized spacial score (nSPS) is 11.4. The average Bonchev–Trinajstić information content (AvgIpc) is 1.61. The van der Waals surface area contributed by atoms with Gasteiger partial charge in [0.1, 0.15) is 22.2 Å². The predicted molar refractivity (Wildman–Crippen MR) is 395 cm³/mol. The number of nitro groups is 1. The molecule has 516 valence electrons. The topological polar surface area (TPSA) is 330 Å². The minimum Gasteiger partial charge on any atom is -0.505 e. The number of aliphatic hydroxyl groups excluding tert-OH is 1. The highest BCUT2D eigenvalue weighted by molar-refractivity contribution is 7.19. The molecule has 0 saturated carbocycles. The van der Waals surface area contributed by atoms with E-state index in [0.29, 0.717) is 38.4 Å². The Bertz CT molecular complexity index is 4940. The van der Waals surface area contributed by atoms with Crippen molar-refractivity contribution in [2.24, 2.45) is 0 Å². The Morgan fingerprint density at radius 2 is 1.10 bits per heavy atom. The Balaban J connectivity index is 0.000000194. The molecule has 30 heteroatoms. The molecular weight excluding hydrogens is 1510 g/mol. The second-order valence-electron chi connectivity index (χ2n) is 20.6. The van der Waals surface area contributed by atoms with Gasteiger partial charge in [-0.25, -0.2) is 9.78 Å². The van der Waals surface area contributed by atoms with E-state index in [1.807, 2.05) is 42.5 Å². The summed E-state index contributed by atoms with van der Waals surface area (Å²) in [6.07, 6.45) is 5.51. The van der Waals surface area contributed by atoms with Gasteiger partial charge in [0.2, 0.25) is 5.78 Å². The number of aromatic nitrogens is 1. The van der Waals surface area contributed by atoms with E-state index < -0.39 is 34.3 Å². The maximum atomic E-state index is 13.2. The number of likely N-dealkylation sites (N-methyl/N-ethyl adjacent to an activating group) is 1. The number of Topliss-reactive ketones (excluding diaryl/α,β-unsaturated/α-hetero) is 3. The number of fused-ring (bicyclic) bond motifs is 2. The Morgan fingerprint density at radius 1 is 0.614 bits per heavy atom. The Morgan fingerprint density at radius 3 is 1.56 bits per heavy atom. The third-order valence-electron chi connectivity index (χ3n) is 13.6. The van der Waals surface area contributed by atoms with Crippen molar-refractivity contribution in [2.75, 3.05) is 19.0 Å². The number of carbonyl (C=O) groups excluding carboxylic acids is 6. The fraction of sp³-hybridized carbons (Fsp3) is 0.0704. The molecule has 0 radical (unpaired) electrons. The number of phenols is 4. The van der Waals surface area contributed by atoms with E-state index in [1.165, 1.54) is 128 Å². The van der Waals surface area contributed by atoms with Crippen molar-refractivity contribution in [1.29, 1.82) is 5.26 Å². The summed E-state index contributed by atoms with van der Waals surface area (Å²) in [5.41, 5.74) is 3.16. The Hall–Kier alpha value is -9.77. The number of non-ortho nitro benzene ring substituents is 1. The number of phenolic OH excluding ortho intramolecular Hbond substituents is 4. The number of halogens is 9. The van der Waals surface area contributed by atoms with Crippen molar-refractivity contribution in [1.82, 2.24) is 10.3 Å². The Labute approximate surface area is 622 Å². The van der Waals surface area contributed by atoms with Gasteiger partial charge in [0.05, 0.1) is 96.0 Å². The molecule has 0 bridgehead atoms. The van der Waals surface area contributed by atoms with Gasteiger partial charge in [0.25, 0.3) is 17.5 Å². The summed E-state index contributed by atoms with van der Waals surface area (Å²) in [6.45, 7) is 3.04. The van der Waals surface area contributed by atoms with Crippen LogP contribution >= 0.6 is 116 Å². The lowest BCUT2D eigenvalue weighted by molar-refractivity contribution is -0.384. The molecule has 0 atom stereocenters. The zero-order valence-electron chi connectivity index (χ0n) is 52.1. The van der Waals surface area contributed by atoms with Crippen LogP contribution < -0.4 is 10.6 Å². The van der Waals surface area contributed by atoms with Crippen LogP contribution in [0.4, 0.5) is 11.4 Å². The van der Waals surface area contributed by atoms with Gasteiger partial charge >= 0.3 is 5.97 Å². The van der Waals surface area contributed by atoms with E-state index >= 15 is 0 Å². The van der Waals surface area contributed by atoms with Gasteiger partial charge in [0.15, 0.2) is 40.3 Å². The van der Waals surface area contributed by atoms with Gasteiger partial charge < -0.3 is 45.3 Å². The number of anilines is 1. The maximum absolute atomic E-state index is 13.2. The zero-order chi connectivity index (χ0) is 74.1. The summed E-state index contributed by atoms with van der Waals surface area (Å²) in [5, 5.41) is 74.3. The fourth-order valence-electron chi connectivity index (χ4n) is 8.65. The molecule has 0 unspecified atom stereocenters. The van der Waals surface area contributed by atoms with E-state index in [1.54, 1.807) is 31.2 Å². The van der Waals surface area contributed by atoms with Crippen molar-refractivity contribution < 1.29 is 68.4 Å². The predicted octanol–water partition coefficient (Wildman–Crippen LogP) is 18.7. The maximum Gasteiger partial charge on any atom is 0.341 e. The monoisotopic (exact) mass is 1560 g/mol. The highest BCUT2D eigenvalue weighted by Gasteiger charge is 2.25. The lowest BCUT2D eigenvalue weighted by atomic mass is 9.99. The van der Waals surface area contributed by atoms with Gasteiger partial charge in [-0.2, -0.15) is 5.26 Å².